The van der Waals surface area contributed by atoms with E-state index < -0.39 is 5.97 Å². The van der Waals surface area contributed by atoms with Gasteiger partial charge in [-0.1, -0.05) is 20.8 Å². The molecule has 4 nitrogen and oxygen atoms in total. The van der Waals surface area contributed by atoms with Crippen LogP contribution in [0, 0.1) is 5.92 Å². The van der Waals surface area contributed by atoms with Crippen molar-refractivity contribution in [1.82, 2.24) is 4.98 Å². The van der Waals surface area contributed by atoms with Crippen LogP contribution >= 0.6 is 0 Å². The van der Waals surface area contributed by atoms with Gasteiger partial charge in [0, 0.05) is 16.6 Å². The van der Waals surface area contributed by atoms with Gasteiger partial charge in [0.2, 0.25) is 0 Å². The number of anilines is 1. The summed E-state index contributed by atoms with van der Waals surface area (Å²) in [6.07, 6.45) is 2.45. The lowest BCUT2D eigenvalue weighted by atomic mass is 9.90. The Labute approximate surface area is 120 Å². The number of aromatic nitrogens is 1. The predicted octanol–water partition coefficient (Wildman–Crippen LogP) is 3.68. The lowest BCUT2D eigenvalue weighted by molar-refractivity contribution is 0.0696. The molecule has 0 amide bonds. The van der Waals surface area contributed by atoms with Gasteiger partial charge in [0.25, 0.3) is 0 Å². The van der Waals surface area contributed by atoms with Crippen molar-refractivity contribution in [2.24, 2.45) is 5.92 Å². The zero-order chi connectivity index (χ0) is 15.1. The lowest BCUT2D eigenvalue weighted by Crippen LogP contribution is -2.34. The number of nitrogens with one attached hydrogen (secondary N) is 1. The summed E-state index contributed by atoms with van der Waals surface area (Å²) < 4.78 is 0. The summed E-state index contributed by atoms with van der Waals surface area (Å²) in [5.41, 5.74) is 0.871. The van der Waals surface area contributed by atoms with Gasteiger partial charge in [0.1, 0.15) is 5.82 Å². The molecule has 4 heteroatoms. The molecule has 20 heavy (non-hydrogen) atoms. The van der Waals surface area contributed by atoms with Crippen molar-refractivity contribution < 1.29 is 9.90 Å². The molecule has 1 aromatic heterocycles. The van der Waals surface area contributed by atoms with Crippen molar-refractivity contribution in [2.45, 2.75) is 58.4 Å². The second-order valence-electron chi connectivity index (χ2n) is 7.30. The van der Waals surface area contributed by atoms with Crippen LogP contribution in [0.3, 0.4) is 0 Å². The molecule has 0 radical (unpaired) electrons. The third-order valence-corrected chi connectivity index (χ3v) is 3.89. The summed E-state index contributed by atoms with van der Waals surface area (Å²) in [6, 6.07) is 3.29. The zero-order valence-electron chi connectivity index (χ0n) is 12.9. The van der Waals surface area contributed by atoms with Gasteiger partial charge < -0.3 is 10.4 Å². The lowest BCUT2D eigenvalue weighted by Gasteiger charge is -2.28. The molecule has 1 saturated carbocycles. The molecule has 2 rings (SSSR count). The topological polar surface area (TPSA) is 62.2 Å². The second-order valence-corrected chi connectivity index (χ2v) is 7.30. The van der Waals surface area contributed by atoms with Crippen LogP contribution in [0.5, 0.6) is 0 Å². The fraction of sp³-hybridized carbons (Fsp3) is 0.625. The molecule has 0 spiro atoms. The Morgan fingerprint density at radius 3 is 2.30 bits per heavy atom. The standard InChI is InChI=1S/C16H24N2O2/c1-15(2,3)12-8-10(14(19)20)9-13(17-12)18-16(4,5)11-6-7-11/h8-9,11H,6-7H2,1-5H3,(H,17,18)(H,19,20). The smallest absolute Gasteiger partial charge is 0.335 e. The van der Waals surface area contributed by atoms with Crippen LogP contribution in [-0.4, -0.2) is 21.6 Å². The van der Waals surface area contributed by atoms with Crippen LogP contribution in [0.25, 0.3) is 0 Å². The maximum atomic E-state index is 11.3. The van der Waals surface area contributed by atoms with Gasteiger partial charge in [-0.2, -0.15) is 0 Å². The molecule has 1 fully saturated rings. The normalized spacial score (nSPS) is 16.1. The van der Waals surface area contributed by atoms with Gasteiger partial charge in [-0.3, -0.25) is 0 Å². The average molecular weight is 276 g/mol. The molecule has 1 heterocycles. The van der Waals surface area contributed by atoms with Crippen molar-refractivity contribution >= 4 is 11.8 Å². The summed E-state index contributed by atoms with van der Waals surface area (Å²) in [6.45, 7) is 10.4. The summed E-state index contributed by atoms with van der Waals surface area (Å²) in [5, 5.41) is 12.7. The minimum absolute atomic E-state index is 0.0424. The Bertz CT molecular complexity index is 526. The van der Waals surface area contributed by atoms with Crippen LogP contribution in [0.1, 0.15) is 63.5 Å². The Morgan fingerprint density at radius 2 is 1.85 bits per heavy atom. The van der Waals surface area contributed by atoms with E-state index in [2.05, 4.69) is 24.1 Å². The van der Waals surface area contributed by atoms with Crippen molar-refractivity contribution in [1.29, 1.82) is 0 Å². The highest BCUT2D eigenvalue weighted by Gasteiger charge is 2.38. The number of hydrogen-bond acceptors (Lipinski definition) is 3. The largest absolute Gasteiger partial charge is 0.478 e. The van der Waals surface area contributed by atoms with Crippen molar-refractivity contribution in [3.63, 3.8) is 0 Å². The molecule has 0 saturated heterocycles. The third-order valence-electron chi connectivity index (χ3n) is 3.89. The van der Waals surface area contributed by atoms with Crippen LogP contribution in [0.2, 0.25) is 0 Å². The Morgan fingerprint density at radius 1 is 1.25 bits per heavy atom. The van der Waals surface area contributed by atoms with E-state index in [4.69, 9.17) is 0 Å². The number of hydrogen-bond donors (Lipinski definition) is 2. The van der Waals surface area contributed by atoms with Crippen molar-refractivity contribution in [3.8, 4) is 0 Å². The molecule has 1 aromatic rings. The van der Waals surface area contributed by atoms with Gasteiger partial charge in [0.05, 0.1) is 5.56 Å². The highest BCUT2D eigenvalue weighted by molar-refractivity contribution is 5.88. The quantitative estimate of drug-likeness (QED) is 0.880. The molecule has 0 aromatic carbocycles. The predicted molar refractivity (Wildman–Crippen MR) is 80.3 cm³/mol. The number of pyridine rings is 1. The minimum atomic E-state index is -0.912. The Hall–Kier alpha value is -1.58. The molecular formula is C16H24N2O2. The van der Waals surface area contributed by atoms with Gasteiger partial charge >= 0.3 is 5.97 Å². The molecular weight excluding hydrogens is 252 g/mol. The molecule has 0 unspecified atom stereocenters. The first-order valence-electron chi connectivity index (χ1n) is 7.13. The van der Waals surface area contributed by atoms with Crippen molar-refractivity contribution in [2.75, 3.05) is 5.32 Å². The van der Waals surface area contributed by atoms with E-state index in [0.29, 0.717) is 17.3 Å². The molecule has 2 N–H and O–H groups in total. The van der Waals surface area contributed by atoms with Crippen LogP contribution in [0.15, 0.2) is 12.1 Å². The number of aromatic carboxylic acids is 1. The molecule has 0 bridgehead atoms. The second kappa shape index (κ2) is 4.76. The molecule has 0 atom stereocenters. The van der Waals surface area contributed by atoms with E-state index in [1.165, 1.54) is 12.8 Å². The summed E-state index contributed by atoms with van der Waals surface area (Å²) >= 11 is 0. The van der Waals surface area contributed by atoms with E-state index in [9.17, 15) is 9.90 Å². The van der Waals surface area contributed by atoms with Crippen LogP contribution < -0.4 is 5.32 Å². The maximum absolute atomic E-state index is 11.3. The highest BCUT2D eigenvalue weighted by Crippen LogP contribution is 2.41. The minimum Gasteiger partial charge on any atom is -0.478 e. The molecule has 1 aliphatic rings. The molecule has 110 valence electrons. The first-order valence-corrected chi connectivity index (χ1v) is 7.13. The number of nitrogens with zero attached hydrogens (tertiary/aromatic N) is 1. The van der Waals surface area contributed by atoms with Gasteiger partial charge in [-0.15, -0.1) is 0 Å². The third kappa shape index (κ3) is 3.30. The van der Waals surface area contributed by atoms with E-state index in [1.54, 1.807) is 12.1 Å². The summed E-state index contributed by atoms with van der Waals surface area (Å²) in [7, 11) is 0. The van der Waals surface area contributed by atoms with Crippen LogP contribution in [0.4, 0.5) is 5.82 Å². The first kappa shape index (κ1) is 14.8. The van der Waals surface area contributed by atoms with Gasteiger partial charge in [-0.05, 0) is 44.7 Å². The number of carboxylic acid groups (broad SMARTS) is 1. The Kier molecular flexibility index (Phi) is 3.53. The Balaban J connectivity index is 2.36. The fourth-order valence-corrected chi connectivity index (χ4v) is 2.34. The van der Waals surface area contributed by atoms with Gasteiger partial charge in [0.15, 0.2) is 0 Å². The highest BCUT2D eigenvalue weighted by atomic mass is 16.4. The van der Waals surface area contributed by atoms with E-state index >= 15 is 0 Å². The number of rotatable bonds is 4. The fourth-order valence-electron chi connectivity index (χ4n) is 2.34. The zero-order valence-corrected chi connectivity index (χ0v) is 12.9. The summed E-state index contributed by atoms with van der Waals surface area (Å²) in [4.78, 5) is 15.9. The van der Waals surface area contributed by atoms with E-state index in [-0.39, 0.29) is 11.0 Å². The monoisotopic (exact) mass is 276 g/mol. The molecule has 1 aliphatic carbocycles. The SMILES string of the molecule is CC(C)(C)c1cc(C(=O)O)cc(NC(C)(C)C2CC2)n1. The molecule has 0 aliphatic heterocycles. The number of carboxylic acids is 1. The summed E-state index contributed by atoms with van der Waals surface area (Å²) in [5.74, 6) is 0.396. The van der Waals surface area contributed by atoms with Crippen molar-refractivity contribution in [3.05, 3.63) is 23.4 Å². The first-order chi connectivity index (χ1) is 9.09. The number of carbonyl (C=O) groups is 1. The van der Waals surface area contributed by atoms with Crippen LogP contribution in [-0.2, 0) is 5.41 Å². The van der Waals surface area contributed by atoms with E-state index in [0.717, 1.165) is 5.69 Å². The maximum Gasteiger partial charge on any atom is 0.335 e. The van der Waals surface area contributed by atoms with Gasteiger partial charge in [-0.25, -0.2) is 9.78 Å². The average Bonchev–Trinajstić information content (AvgIpc) is 3.10. The van der Waals surface area contributed by atoms with E-state index in [1.807, 2.05) is 20.8 Å².